The highest BCUT2D eigenvalue weighted by molar-refractivity contribution is 6.05. The van der Waals surface area contributed by atoms with Crippen molar-refractivity contribution in [3.8, 4) is 5.75 Å². The topological polar surface area (TPSA) is 67.4 Å². The van der Waals surface area contributed by atoms with Gasteiger partial charge in [0, 0.05) is 23.9 Å². The molecule has 0 aliphatic heterocycles. The smallest absolute Gasteiger partial charge is 0.255 e. The van der Waals surface area contributed by atoms with E-state index in [0.717, 1.165) is 12.2 Å². The average molecular weight is 326 g/mol. The molecule has 2 aromatic carbocycles. The number of anilines is 1. The lowest BCUT2D eigenvalue weighted by molar-refractivity contribution is 0.0961. The lowest BCUT2D eigenvalue weighted by atomic mass is 10.1. The fraction of sp³-hybridized carbons (Fsp3) is 0.263. The summed E-state index contributed by atoms with van der Waals surface area (Å²) >= 11 is 0. The maximum absolute atomic E-state index is 12.3. The van der Waals surface area contributed by atoms with Crippen molar-refractivity contribution in [3.63, 3.8) is 0 Å². The highest BCUT2D eigenvalue weighted by Crippen LogP contribution is 2.17. The van der Waals surface area contributed by atoms with Crippen molar-refractivity contribution >= 4 is 17.5 Å². The Morgan fingerprint density at radius 1 is 1.04 bits per heavy atom. The van der Waals surface area contributed by atoms with Gasteiger partial charge in [0.05, 0.1) is 6.10 Å². The maximum atomic E-state index is 12.3. The summed E-state index contributed by atoms with van der Waals surface area (Å²) in [7, 11) is 1.57. The van der Waals surface area contributed by atoms with Crippen LogP contribution in [-0.2, 0) is 0 Å². The van der Waals surface area contributed by atoms with Crippen LogP contribution in [0.1, 0.15) is 41.0 Å². The fourth-order valence-corrected chi connectivity index (χ4v) is 2.09. The van der Waals surface area contributed by atoms with Gasteiger partial charge in [-0.3, -0.25) is 9.59 Å². The minimum atomic E-state index is -0.237. The Morgan fingerprint density at radius 2 is 1.75 bits per heavy atom. The van der Waals surface area contributed by atoms with E-state index in [1.807, 2.05) is 6.92 Å². The zero-order chi connectivity index (χ0) is 17.5. The normalized spacial score (nSPS) is 11.5. The van der Waals surface area contributed by atoms with Gasteiger partial charge in [-0.2, -0.15) is 0 Å². The van der Waals surface area contributed by atoms with E-state index >= 15 is 0 Å². The summed E-state index contributed by atoms with van der Waals surface area (Å²) in [5, 5.41) is 5.34. The lowest BCUT2D eigenvalue weighted by Crippen LogP contribution is -2.18. The number of hydrogen-bond acceptors (Lipinski definition) is 3. The summed E-state index contributed by atoms with van der Waals surface area (Å²) < 4.78 is 5.69. The van der Waals surface area contributed by atoms with Gasteiger partial charge in [0.2, 0.25) is 0 Å². The molecule has 0 aliphatic rings. The number of amides is 2. The molecule has 0 fully saturated rings. The predicted octanol–water partition coefficient (Wildman–Crippen LogP) is 3.48. The van der Waals surface area contributed by atoms with E-state index in [1.54, 1.807) is 55.6 Å². The van der Waals surface area contributed by atoms with Gasteiger partial charge in [-0.05, 0) is 55.8 Å². The van der Waals surface area contributed by atoms with Crippen LogP contribution in [0.4, 0.5) is 5.69 Å². The van der Waals surface area contributed by atoms with E-state index in [0.29, 0.717) is 16.8 Å². The Hall–Kier alpha value is -2.82. The molecule has 126 valence electrons. The molecule has 2 rings (SSSR count). The first-order valence-electron chi connectivity index (χ1n) is 7.93. The first-order valence-corrected chi connectivity index (χ1v) is 7.93. The summed E-state index contributed by atoms with van der Waals surface area (Å²) in [4.78, 5) is 23.9. The molecular weight excluding hydrogens is 304 g/mol. The number of rotatable bonds is 6. The molecule has 0 aromatic heterocycles. The third-order valence-electron chi connectivity index (χ3n) is 3.64. The van der Waals surface area contributed by atoms with Gasteiger partial charge in [0.1, 0.15) is 5.75 Å². The molecule has 2 aromatic rings. The van der Waals surface area contributed by atoms with Crippen molar-refractivity contribution < 1.29 is 14.3 Å². The van der Waals surface area contributed by atoms with Gasteiger partial charge in [-0.1, -0.05) is 13.0 Å². The molecule has 0 spiro atoms. The highest BCUT2D eigenvalue weighted by atomic mass is 16.5. The Bertz CT molecular complexity index is 711. The van der Waals surface area contributed by atoms with Crippen LogP contribution in [0.25, 0.3) is 0 Å². The molecule has 0 bridgehead atoms. The van der Waals surface area contributed by atoms with Crippen molar-refractivity contribution in [2.75, 3.05) is 12.4 Å². The Labute approximate surface area is 142 Å². The van der Waals surface area contributed by atoms with E-state index in [2.05, 4.69) is 17.6 Å². The van der Waals surface area contributed by atoms with Gasteiger partial charge in [0.15, 0.2) is 0 Å². The van der Waals surface area contributed by atoms with Gasteiger partial charge < -0.3 is 15.4 Å². The zero-order valence-corrected chi connectivity index (χ0v) is 14.1. The minimum Gasteiger partial charge on any atom is -0.491 e. The summed E-state index contributed by atoms with van der Waals surface area (Å²) in [5.41, 5.74) is 1.59. The van der Waals surface area contributed by atoms with Crippen LogP contribution in [0, 0.1) is 0 Å². The molecule has 24 heavy (non-hydrogen) atoms. The second-order valence-electron chi connectivity index (χ2n) is 5.48. The molecule has 0 saturated heterocycles. The predicted molar refractivity (Wildman–Crippen MR) is 94.6 cm³/mol. The van der Waals surface area contributed by atoms with E-state index in [-0.39, 0.29) is 17.9 Å². The van der Waals surface area contributed by atoms with Crippen molar-refractivity contribution in [1.29, 1.82) is 0 Å². The second-order valence-corrected chi connectivity index (χ2v) is 5.48. The van der Waals surface area contributed by atoms with E-state index < -0.39 is 0 Å². The van der Waals surface area contributed by atoms with Gasteiger partial charge in [-0.15, -0.1) is 0 Å². The Morgan fingerprint density at radius 3 is 2.38 bits per heavy atom. The van der Waals surface area contributed by atoms with Gasteiger partial charge >= 0.3 is 0 Å². The number of carbonyl (C=O) groups excluding carboxylic acids is 2. The molecule has 2 N–H and O–H groups in total. The van der Waals surface area contributed by atoms with Crippen LogP contribution in [0.5, 0.6) is 5.75 Å². The van der Waals surface area contributed by atoms with Crippen molar-refractivity contribution in [2.24, 2.45) is 0 Å². The largest absolute Gasteiger partial charge is 0.491 e. The molecule has 2 amide bonds. The van der Waals surface area contributed by atoms with Gasteiger partial charge in [-0.25, -0.2) is 0 Å². The molecule has 0 heterocycles. The van der Waals surface area contributed by atoms with Crippen LogP contribution in [0.2, 0.25) is 0 Å². The summed E-state index contributed by atoms with van der Waals surface area (Å²) in [5.74, 6) is 0.305. The van der Waals surface area contributed by atoms with Gasteiger partial charge in [0.25, 0.3) is 11.8 Å². The molecule has 0 saturated carbocycles. The van der Waals surface area contributed by atoms with Crippen LogP contribution in [0.3, 0.4) is 0 Å². The standard InChI is InChI=1S/C19H22N2O3/c1-4-13(2)24-17-10-8-14(9-11-17)19(23)21-16-7-5-6-15(12-16)18(22)20-3/h5-13H,4H2,1-3H3,(H,20,22)(H,21,23). The first kappa shape index (κ1) is 17.5. The number of nitrogens with one attached hydrogen (secondary N) is 2. The second kappa shape index (κ2) is 8.15. The summed E-state index contributed by atoms with van der Waals surface area (Å²) in [6.07, 6.45) is 1.06. The zero-order valence-electron chi connectivity index (χ0n) is 14.1. The number of carbonyl (C=O) groups is 2. The monoisotopic (exact) mass is 326 g/mol. The maximum Gasteiger partial charge on any atom is 0.255 e. The highest BCUT2D eigenvalue weighted by Gasteiger charge is 2.09. The average Bonchev–Trinajstić information content (AvgIpc) is 2.61. The molecule has 0 aliphatic carbocycles. The van der Waals surface area contributed by atoms with E-state index in [1.165, 1.54) is 0 Å². The quantitative estimate of drug-likeness (QED) is 0.854. The Balaban J connectivity index is 2.06. The van der Waals surface area contributed by atoms with Crippen LogP contribution in [-0.4, -0.2) is 25.0 Å². The number of ether oxygens (including phenoxy) is 1. The molecule has 5 heteroatoms. The Kier molecular flexibility index (Phi) is 5.95. The van der Waals surface area contributed by atoms with E-state index in [4.69, 9.17) is 4.74 Å². The summed E-state index contributed by atoms with van der Waals surface area (Å²) in [6.45, 7) is 4.06. The third kappa shape index (κ3) is 4.59. The molecule has 1 unspecified atom stereocenters. The van der Waals surface area contributed by atoms with Crippen LogP contribution >= 0.6 is 0 Å². The van der Waals surface area contributed by atoms with Crippen molar-refractivity contribution in [3.05, 3.63) is 59.7 Å². The molecule has 0 radical (unpaired) electrons. The minimum absolute atomic E-state index is 0.136. The third-order valence-corrected chi connectivity index (χ3v) is 3.64. The molecule has 1 atom stereocenters. The van der Waals surface area contributed by atoms with E-state index in [9.17, 15) is 9.59 Å². The lowest BCUT2D eigenvalue weighted by Gasteiger charge is -2.13. The van der Waals surface area contributed by atoms with Crippen LogP contribution in [0.15, 0.2) is 48.5 Å². The summed E-state index contributed by atoms with van der Waals surface area (Å²) in [6, 6.07) is 13.8. The molecular formula is C19H22N2O3. The fourth-order valence-electron chi connectivity index (χ4n) is 2.09. The number of hydrogen-bond donors (Lipinski definition) is 2. The van der Waals surface area contributed by atoms with Crippen molar-refractivity contribution in [1.82, 2.24) is 5.32 Å². The SMILES string of the molecule is CCC(C)Oc1ccc(C(=O)Nc2cccc(C(=O)NC)c2)cc1. The first-order chi connectivity index (χ1) is 11.5. The number of benzene rings is 2. The van der Waals surface area contributed by atoms with Crippen LogP contribution < -0.4 is 15.4 Å². The van der Waals surface area contributed by atoms with Crippen molar-refractivity contribution in [2.45, 2.75) is 26.4 Å². The molecule has 5 nitrogen and oxygen atoms in total.